The molecule has 0 amide bonds. The SMILES string of the molecule is COc1cc(C)c(C)cc1-c1nc(Cl)cs1. The van der Waals surface area contributed by atoms with Gasteiger partial charge in [0.2, 0.25) is 0 Å². The molecule has 2 nitrogen and oxygen atoms in total. The third-order valence-electron chi connectivity index (χ3n) is 2.52. The molecule has 0 unspecified atom stereocenters. The predicted octanol–water partition coefficient (Wildman–Crippen LogP) is 4.09. The Kier molecular flexibility index (Phi) is 3.17. The molecule has 0 aliphatic rings. The Labute approximate surface area is 104 Å². The molecule has 1 heterocycles. The summed E-state index contributed by atoms with van der Waals surface area (Å²) in [5.41, 5.74) is 3.44. The first-order valence-corrected chi connectivity index (χ1v) is 6.14. The van der Waals surface area contributed by atoms with Crippen molar-refractivity contribution in [3.63, 3.8) is 0 Å². The highest BCUT2D eigenvalue weighted by atomic mass is 35.5. The summed E-state index contributed by atoms with van der Waals surface area (Å²) >= 11 is 7.36. The minimum Gasteiger partial charge on any atom is -0.496 e. The van der Waals surface area contributed by atoms with Crippen LogP contribution >= 0.6 is 22.9 Å². The Bertz CT molecular complexity index is 522. The highest BCUT2D eigenvalue weighted by Gasteiger charge is 2.11. The van der Waals surface area contributed by atoms with Gasteiger partial charge < -0.3 is 4.74 Å². The van der Waals surface area contributed by atoms with E-state index in [-0.39, 0.29) is 0 Å². The second-order valence-corrected chi connectivity index (χ2v) is 4.86. The zero-order valence-electron chi connectivity index (χ0n) is 9.37. The van der Waals surface area contributed by atoms with Crippen molar-refractivity contribution in [2.24, 2.45) is 0 Å². The van der Waals surface area contributed by atoms with Gasteiger partial charge in [-0.25, -0.2) is 4.98 Å². The van der Waals surface area contributed by atoms with Crippen molar-refractivity contribution in [1.29, 1.82) is 0 Å². The maximum absolute atomic E-state index is 5.84. The van der Waals surface area contributed by atoms with Gasteiger partial charge in [-0.2, -0.15) is 0 Å². The van der Waals surface area contributed by atoms with Crippen molar-refractivity contribution in [1.82, 2.24) is 4.98 Å². The van der Waals surface area contributed by atoms with E-state index in [9.17, 15) is 0 Å². The van der Waals surface area contributed by atoms with Crippen LogP contribution in [-0.2, 0) is 0 Å². The number of thiazole rings is 1. The number of nitrogens with zero attached hydrogens (tertiary/aromatic N) is 1. The molecule has 1 aromatic heterocycles. The van der Waals surface area contributed by atoms with Gasteiger partial charge >= 0.3 is 0 Å². The lowest BCUT2D eigenvalue weighted by atomic mass is 10.1. The third-order valence-corrected chi connectivity index (χ3v) is 3.72. The van der Waals surface area contributed by atoms with Crippen LogP contribution < -0.4 is 4.74 Å². The van der Waals surface area contributed by atoms with Gasteiger partial charge in [0.25, 0.3) is 0 Å². The highest BCUT2D eigenvalue weighted by molar-refractivity contribution is 7.13. The average molecular weight is 254 g/mol. The lowest BCUT2D eigenvalue weighted by Gasteiger charge is -2.09. The highest BCUT2D eigenvalue weighted by Crippen LogP contribution is 2.35. The lowest BCUT2D eigenvalue weighted by molar-refractivity contribution is 0.416. The van der Waals surface area contributed by atoms with Gasteiger partial charge in [-0.1, -0.05) is 11.6 Å². The first-order valence-electron chi connectivity index (χ1n) is 4.88. The molecule has 2 aromatic rings. The van der Waals surface area contributed by atoms with Crippen molar-refractivity contribution in [3.05, 3.63) is 33.8 Å². The zero-order valence-corrected chi connectivity index (χ0v) is 10.9. The smallest absolute Gasteiger partial charge is 0.140 e. The first-order chi connectivity index (χ1) is 7.61. The third kappa shape index (κ3) is 2.06. The van der Waals surface area contributed by atoms with Crippen molar-refractivity contribution >= 4 is 22.9 Å². The fraction of sp³-hybridized carbons (Fsp3) is 0.250. The van der Waals surface area contributed by atoms with Crippen LogP contribution in [0.2, 0.25) is 5.15 Å². The molecule has 0 aliphatic heterocycles. The average Bonchev–Trinajstić information content (AvgIpc) is 2.68. The number of benzene rings is 1. The van der Waals surface area contributed by atoms with E-state index in [0.717, 1.165) is 16.3 Å². The van der Waals surface area contributed by atoms with Gasteiger partial charge in [-0.3, -0.25) is 0 Å². The lowest BCUT2D eigenvalue weighted by Crippen LogP contribution is -1.91. The number of rotatable bonds is 2. The second kappa shape index (κ2) is 4.44. The molecule has 4 heteroatoms. The van der Waals surface area contributed by atoms with Gasteiger partial charge in [0.05, 0.1) is 12.7 Å². The minimum atomic E-state index is 0.528. The molecule has 0 N–H and O–H groups in total. The van der Waals surface area contributed by atoms with Crippen LogP contribution in [0.15, 0.2) is 17.5 Å². The summed E-state index contributed by atoms with van der Waals surface area (Å²) < 4.78 is 5.37. The fourth-order valence-electron chi connectivity index (χ4n) is 1.50. The van der Waals surface area contributed by atoms with Crippen LogP contribution in [0, 0.1) is 13.8 Å². The van der Waals surface area contributed by atoms with E-state index < -0.39 is 0 Å². The molecule has 16 heavy (non-hydrogen) atoms. The molecule has 0 atom stereocenters. The molecular weight excluding hydrogens is 242 g/mol. The standard InChI is InChI=1S/C12H12ClNOS/c1-7-4-9(10(15-3)5-8(7)2)12-14-11(13)6-16-12/h4-6H,1-3H3. The van der Waals surface area contributed by atoms with Gasteiger partial charge in [-0.15, -0.1) is 11.3 Å². The van der Waals surface area contributed by atoms with Crippen molar-refractivity contribution < 1.29 is 4.74 Å². The van der Waals surface area contributed by atoms with Gasteiger partial charge in [0.1, 0.15) is 15.9 Å². The summed E-state index contributed by atoms with van der Waals surface area (Å²) in [5, 5.41) is 3.25. The van der Waals surface area contributed by atoms with Crippen LogP contribution in [0.5, 0.6) is 5.75 Å². The molecule has 0 aliphatic carbocycles. The Morgan fingerprint density at radius 2 is 1.94 bits per heavy atom. The molecule has 0 spiro atoms. The number of hydrogen-bond donors (Lipinski definition) is 0. The minimum absolute atomic E-state index is 0.528. The molecule has 0 bridgehead atoms. The van der Waals surface area contributed by atoms with Crippen LogP contribution in [0.4, 0.5) is 0 Å². The van der Waals surface area contributed by atoms with Crippen molar-refractivity contribution in [2.75, 3.05) is 7.11 Å². The quantitative estimate of drug-likeness (QED) is 0.804. The van der Waals surface area contributed by atoms with E-state index in [1.165, 1.54) is 22.5 Å². The summed E-state index contributed by atoms with van der Waals surface area (Å²) in [6.07, 6.45) is 0. The van der Waals surface area contributed by atoms with E-state index in [1.54, 1.807) is 7.11 Å². The van der Waals surface area contributed by atoms with Crippen LogP contribution in [-0.4, -0.2) is 12.1 Å². The Hall–Kier alpha value is -1.06. The largest absolute Gasteiger partial charge is 0.496 e. The van der Waals surface area contributed by atoms with Crippen molar-refractivity contribution in [2.45, 2.75) is 13.8 Å². The van der Waals surface area contributed by atoms with E-state index in [4.69, 9.17) is 16.3 Å². The predicted molar refractivity (Wildman–Crippen MR) is 68.6 cm³/mol. The van der Waals surface area contributed by atoms with E-state index >= 15 is 0 Å². The van der Waals surface area contributed by atoms with Gasteiger partial charge in [0.15, 0.2) is 0 Å². The molecule has 0 radical (unpaired) electrons. The van der Waals surface area contributed by atoms with E-state index in [0.29, 0.717) is 5.15 Å². The second-order valence-electron chi connectivity index (χ2n) is 3.61. The molecule has 0 saturated carbocycles. The Morgan fingerprint density at radius 1 is 1.25 bits per heavy atom. The fourth-order valence-corrected chi connectivity index (χ4v) is 2.47. The Morgan fingerprint density at radius 3 is 2.50 bits per heavy atom. The number of aromatic nitrogens is 1. The number of hydrogen-bond acceptors (Lipinski definition) is 3. The van der Waals surface area contributed by atoms with Crippen molar-refractivity contribution in [3.8, 4) is 16.3 Å². The number of methoxy groups -OCH3 is 1. The van der Waals surface area contributed by atoms with Crippen LogP contribution in [0.25, 0.3) is 10.6 Å². The summed E-state index contributed by atoms with van der Waals surface area (Å²) in [4.78, 5) is 4.26. The maximum Gasteiger partial charge on any atom is 0.140 e. The molecule has 1 aromatic carbocycles. The van der Waals surface area contributed by atoms with Crippen LogP contribution in [0.3, 0.4) is 0 Å². The monoisotopic (exact) mass is 253 g/mol. The van der Waals surface area contributed by atoms with Gasteiger partial charge in [-0.05, 0) is 37.1 Å². The summed E-state index contributed by atoms with van der Waals surface area (Å²) in [7, 11) is 1.67. The molecule has 0 fully saturated rings. The molecule has 2 rings (SSSR count). The maximum atomic E-state index is 5.84. The van der Waals surface area contributed by atoms with Crippen LogP contribution in [0.1, 0.15) is 11.1 Å². The number of aryl methyl sites for hydroxylation is 2. The topological polar surface area (TPSA) is 22.1 Å². The Balaban J connectivity index is 2.59. The summed E-state index contributed by atoms with van der Waals surface area (Å²) in [5.74, 6) is 0.842. The van der Waals surface area contributed by atoms with Gasteiger partial charge in [0, 0.05) is 5.38 Å². The molecule has 0 saturated heterocycles. The normalized spacial score (nSPS) is 10.5. The van der Waals surface area contributed by atoms with E-state index in [1.807, 2.05) is 11.4 Å². The molecular formula is C12H12ClNOS. The number of ether oxygens (including phenoxy) is 1. The van der Waals surface area contributed by atoms with E-state index in [2.05, 4.69) is 24.9 Å². The zero-order chi connectivity index (χ0) is 11.7. The summed E-state index contributed by atoms with van der Waals surface area (Å²) in [6.45, 7) is 4.14. The summed E-state index contributed by atoms with van der Waals surface area (Å²) in [6, 6.07) is 4.11. The molecule has 84 valence electrons. The number of halogens is 1. The first kappa shape index (κ1) is 11.4.